The van der Waals surface area contributed by atoms with Crippen LogP contribution in [0.5, 0.6) is 0 Å². The highest BCUT2D eigenvalue weighted by atomic mass is 19.2. The monoisotopic (exact) mass is 226 g/mol. The highest BCUT2D eigenvalue weighted by Crippen LogP contribution is 2.13. The molecular weight excluding hydrogens is 210 g/mol. The van der Waals surface area contributed by atoms with Crippen molar-refractivity contribution in [3.05, 3.63) is 47.5 Å². The fourth-order valence-electron chi connectivity index (χ4n) is 1.56. The number of nitrogens with one attached hydrogen (secondary N) is 1. The number of nitrogens with two attached hydrogens (primary N) is 1. The van der Waals surface area contributed by atoms with Crippen molar-refractivity contribution in [1.29, 1.82) is 0 Å². The summed E-state index contributed by atoms with van der Waals surface area (Å²) in [4.78, 5) is 0. The Kier molecular flexibility index (Phi) is 4.58. The van der Waals surface area contributed by atoms with E-state index in [9.17, 15) is 8.78 Å². The summed E-state index contributed by atoms with van der Waals surface area (Å²) in [5, 5.41) is 0. The summed E-state index contributed by atoms with van der Waals surface area (Å²) in [6, 6.07) is 3.86. The van der Waals surface area contributed by atoms with Gasteiger partial charge in [-0.15, -0.1) is 6.58 Å². The third-order valence-electron chi connectivity index (χ3n) is 2.30. The third kappa shape index (κ3) is 3.72. The molecule has 0 bridgehead atoms. The van der Waals surface area contributed by atoms with Gasteiger partial charge in [-0.1, -0.05) is 11.6 Å². The lowest BCUT2D eigenvalue weighted by Gasteiger charge is -2.15. The largest absolute Gasteiger partial charge is 0.271 e. The number of hydrogen-bond donors (Lipinski definition) is 2. The van der Waals surface area contributed by atoms with Crippen molar-refractivity contribution in [2.24, 2.45) is 5.84 Å². The molecule has 4 heteroatoms. The van der Waals surface area contributed by atoms with Crippen molar-refractivity contribution >= 4 is 0 Å². The lowest BCUT2D eigenvalue weighted by atomic mass is 10.0. The first kappa shape index (κ1) is 12.8. The minimum absolute atomic E-state index is 0.0117. The first-order valence-corrected chi connectivity index (χ1v) is 5.07. The van der Waals surface area contributed by atoms with Crippen LogP contribution in [0, 0.1) is 11.6 Å². The van der Waals surface area contributed by atoms with Gasteiger partial charge in [0.05, 0.1) is 0 Å². The smallest absolute Gasteiger partial charge is 0.159 e. The Morgan fingerprint density at radius 3 is 2.62 bits per heavy atom. The van der Waals surface area contributed by atoms with E-state index < -0.39 is 11.6 Å². The van der Waals surface area contributed by atoms with Crippen LogP contribution in [-0.4, -0.2) is 6.04 Å². The fourth-order valence-corrected chi connectivity index (χ4v) is 1.56. The molecule has 1 aromatic carbocycles. The summed E-state index contributed by atoms with van der Waals surface area (Å²) >= 11 is 0. The number of hydrazine groups is 1. The van der Waals surface area contributed by atoms with Gasteiger partial charge >= 0.3 is 0 Å². The number of rotatable bonds is 5. The predicted octanol–water partition coefficient (Wildman–Crippen LogP) is 2.31. The van der Waals surface area contributed by atoms with E-state index in [1.807, 2.05) is 6.92 Å². The summed E-state index contributed by atoms with van der Waals surface area (Å²) in [5.41, 5.74) is 4.34. The van der Waals surface area contributed by atoms with E-state index in [-0.39, 0.29) is 6.04 Å². The van der Waals surface area contributed by atoms with Gasteiger partial charge in [0.15, 0.2) is 11.6 Å². The normalized spacial score (nSPS) is 12.5. The molecule has 0 heterocycles. The minimum Gasteiger partial charge on any atom is -0.271 e. The van der Waals surface area contributed by atoms with Gasteiger partial charge in [-0.25, -0.2) is 8.78 Å². The molecule has 0 aromatic heterocycles. The molecule has 1 atom stereocenters. The number of hydrogen-bond acceptors (Lipinski definition) is 2. The van der Waals surface area contributed by atoms with E-state index in [0.29, 0.717) is 18.4 Å². The van der Waals surface area contributed by atoms with Crippen molar-refractivity contribution in [2.45, 2.75) is 25.8 Å². The molecule has 0 fully saturated rings. The first-order chi connectivity index (χ1) is 7.52. The van der Waals surface area contributed by atoms with Crippen LogP contribution in [-0.2, 0) is 6.42 Å². The summed E-state index contributed by atoms with van der Waals surface area (Å²) in [7, 11) is 0. The van der Waals surface area contributed by atoms with Gasteiger partial charge in [0.25, 0.3) is 0 Å². The van der Waals surface area contributed by atoms with Crippen molar-refractivity contribution < 1.29 is 8.78 Å². The van der Waals surface area contributed by atoms with E-state index in [1.54, 1.807) is 6.07 Å². The molecule has 1 rings (SSSR count). The molecule has 3 N–H and O–H groups in total. The maximum atomic E-state index is 13.0. The summed E-state index contributed by atoms with van der Waals surface area (Å²) in [6.07, 6.45) is 1.25. The van der Waals surface area contributed by atoms with Gasteiger partial charge in [0.2, 0.25) is 0 Å². The Balaban J connectivity index is 2.70. The molecule has 1 aromatic rings. The Morgan fingerprint density at radius 2 is 2.12 bits per heavy atom. The first-order valence-electron chi connectivity index (χ1n) is 5.07. The van der Waals surface area contributed by atoms with E-state index in [0.717, 1.165) is 11.6 Å². The standard InChI is InChI=1S/C12H16F2N2/c1-8(2)5-10(16-15)6-9-3-4-11(13)12(14)7-9/h3-4,7,10,16H,1,5-6,15H2,2H3. The van der Waals surface area contributed by atoms with Gasteiger partial charge in [-0.2, -0.15) is 0 Å². The van der Waals surface area contributed by atoms with Crippen LogP contribution < -0.4 is 11.3 Å². The van der Waals surface area contributed by atoms with Crippen molar-refractivity contribution in [3.63, 3.8) is 0 Å². The molecule has 0 aliphatic rings. The van der Waals surface area contributed by atoms with Crippen molar-refractivity contribution in [2.75, 3.05) is 0 Å². The van der Waals surface area contributed by atoms with Gasteiger partial charge in [0.1, 0.15) is 0 Å². The maximum absolute atomic E-state index is 13.0. The van der Waals surface area contributed by atoms with Crippen LogP contribution in [0.2, 0.25) is 0 Å². The average molecular weight is 226 g/mol. The number of benzene rings is 1. The molecule has 2 nitrogen and oxygen atoms in total. The molecule has 0 aliphatic heterocycles. The summed E-state index contributed by atoms with van der Waals surface area (Å²) in [5.74, 6) is 3.72. The predicted molar refractivity (Wildman–Crippen MR) is 60.6 cm³/mol. The zero-order valence-corrected chi connectivity index (χ0v) is 9.26. The molecule has 0 saturated carbocycles. The van der Waals surface area contributed by atoms with Crippen LogP contribution in [0.15, 0.2) is 30.4 Å². The van der Waals surface area contributed by atoms with Crippen LogP contribution >= 0.6 is 0 Å². The molecular formula is C12H16F2N2. The Bertz CT molecular complexity index is 377. The van der Waals surface area contributed by atoms with Crippen LogP contribution in [0.4, 0.5) is 8.78 Å². The Hall–Kier alpha value is -1.26. The third-order valence-corrected chi connectivity index (χ3v) is 2.30. The van der Waals surface area contributed by atoms with Crippen molar-refractivity contribution in [3.8, 4) is 0 Å². The van der Waals surface area contributed by atoms with E-state index in [1.165, 1.54) is 6.07 Å². The van der Waals surface area contributed by atoms with Gasteiger partial charge < -0.3 is 0 Å². The van der Waals surface area contributed by atoms with Crippen LogP contribution in [0.25, 0.3) is 0 Å². The molecule has 1 unspecified atom stereocenters. The highest BCUT2D eigenvalue weighted by Gasteiger charge is 2.09. The molecule has 0 amide bonds. The number of halogens is 2. The van der Waals surface area contributed by atoms with Gasteiger partial charge in [-0.05, 0) is 37.5 Å². The second kappa shape index (κ2) is 5.72. The van der Waals surface area contributed by atoms with E-state index in [2.05, 4.69) is 12.0 Å². The second-order valence-corrected chi connectivity index (χ2v) is 3.98. The highest BCUT2D eigenvalue weighted by molar-refractivity contribution is 5.19. The zero-order valence-electron chi connectivity index (χ0n) is 9.26. The lowest BCUT2D eigenvalue weighted by molar-refractivity contribution is 0.498. The topological polar surface area (TPSA) is 38.0 Å². The molecule has 0 spiro atoms. The molecule has 16 heavy (non-hydrogen) atoms. The molecule has 0 saturated heterocycles. The maximum Gasteiger partial charge on any atom is 0.159 e. The van der Waals surface area contributed by atoms with Crippen LogP contribution in [0.3, 0.4) is 0 Å². The molecule has 0 aliphatic carbocycles. The molecule has 88 valence electrons. The Morgan fingerprint density at radius 1 is 1.44 bits per heavy atom. The quantitative estimate of drug-likeness (QED) is 0.459. The van der Waals surface area contributed by atoms with Gasteiger partial charge in [0, 0.05) is 6.04 Å². The minimum atomic E-state index is -0.832. The average Bonchev–Trinajstić information content (AvgIpc) is 2.22. The summed E-state index contributed by atoms with van der Waals surface area (Å²) in [6.45, 7) is 5.68. The van der Waals surface area contributed by atoms with Crippen LogP contribution in [0.1, 0.15) is 18.9 Å². The summed E-state index contributed by atoms with van der Waals surface area (Å²) < 4.78 is 25.7. The fraction of sp³-hybridized carbons (Fsp3) is 0.333. The van der Waals surface area contributed by atoms with E-state index >= 15 is 0 Å². The lowest BCUT2D eigenvalue weighted by Crippen LogP contribution is -2.36. The van der Waals surface area contributed by atoms with E-state index in [4.69, 9.17) is 5.84 Å². The van der Waals surface area contributed by atoms with Gasteiger partial charge in [-0.3, -0.25) is 11.3 Å². The second-order valence-electron chi connectivity index (χ2n) is 3.98. The molecule has 0 radical (unpaired) electrons. The SMILES string of the molecule is C=C(C)CC(Cc1ccc(F)c(F)c1)NN. The van der Waals surface area contributed by atoms with Crippen molar-refractivity contribution in [1.82, 2.24) is 5.43 Å². The zero-order chi connectivity index (χ0) is 12.1. The Labute approximate surface area is 94.1 Å².